The molecule has 1 amide bonds. The summed E-state index contributed by atoms with van der Waals surface area (Å²) in [4.78, 5) is 15.8. The lowest BCUT2D eigenvalue weighted by molar-refractivity contribution is 0.0529. The lowest BCUT2D eigenvalue weighted by Crippen LogP contribution is -2.42. The molecule has 0 radical (unpaired) electrons. The van der Waals surface area contributed by atoms with Gasteiger partial charge in [-0.25, -0.2) is 4.79 Å². The first-order valence-electron chi connectivity index (χ1n) is 9.00. The fraction of sp³-hybridized carbons (Fsp3) is 0.579. The standard InChI is InChI=1S/C19H32N4O4.HI/c1-7-26-15-9-8-14(12-16(15)25-6)13-23-17(20-5)21-10-11-22-18(24)27-19(2,3)4;/h8-9,12H,7,10-11,13H2,1-6H3,(H,22,24)(H2,20,21,23);1H. The first-order chi connectivity index (χ1) is 12.8. The van der Waals surface area contributed by atoms with E-state index in [1.54, 1.807) is 14.2 Å². The van der Waals surface area contributed by atoms with E-state index in [-0.39, 0.29) is 24.0 Å². The average molecular weight is 508 g/mol. The van der Waals surface area contributed by atoms with E-state index in [1.807, 2.05) is 45.9 Å². The van der Waals surface area contributed by atoms with Gasteiger partial charge < -0.3 is 30.2 Å². The Kier molecular flexibility index (Phi) is 12.4. The van der Waals surface area contributed by atoms with Gasteiger partial charge in [0, 0.05) is 26.7 Å². The minimum atomic E-state index is -0.506. The molecule has 0 heterocycles. The number of benzene rings is 1. The largest absolute Gasteiger partial charge is 0.493 e. The number of ether oxygens (including phenoxy) is 3. The van der Waals surface area contributed by atoms with Gasteiger partial charge in [-0.15, -0.1) is 24.0 Å². The molecule has 0 aliphatic heterocycles. The van der Waals surface area contributed by atoms with Crippen LogP contribution in [0.5, 0.6) is 11.5 Å². The molecule has 0 spiro atoms. The summed E-state index contributed by atoms with van der Waals surface area (Å²) in [5.74, 6) is 2.05. The molecule has 0 unspecified atom stereocenters. The van der Waals surface area contributed by atoms with Gasteiger partial charge in [0.2, 0.25) is 0 Å². The van der Waals surface area contributed by atoms with E-state index < -0.39 is 11.7 Å². The van der Waals surface area contributed by atoms with Crippen molar-refractivity contribution >= 4 is 36.0 Å². The first-order valence-corrected chi connectivity index (χ1v) is 9.00. The number of carbonyl (C=O) groups excluding carboxylic acids is 1. The van der Waals surface area contributed by atoms with Crippen LogP contribution in [-0.2, 0) is 11.3 Å². The Morgan fingerprint density at radius 3 is 2.36 bits per heavy atom. The Morgan fingerprint density at radius 2 is 1.79 bits per heavy atom. The molecule has 0 aromatic heterocycles. The first kappa shape index (κ1) is 26.1. The third-order valence-electron chi connectivity index (χ3n) is 3.30. The molecule has 160 valence electrons. The molecule has 0 atom stereocenters. The molecule has 3 N–H and O–H groups in total. The van der Waals surface area contributed by atoms with Crippen molar-refractivity contribution < 1.29 is 19.0 Å². The van der Waals surface area contributed by atoms with E-state index >= 15 is 0 Å². The molecule has 0 saturated heterocycles. The average Bonchev–Trinajstić information content (AvgIpc) is 2.60. The van der Waals surface area contributed by atoms with Gasteiger partial charge in [0.05, 0.1) is 13.7 Å². The predicted octanol–water partition coefficient (Wildman–Crippen LogP) is 2.90. The zero-order valence-corrected chi connectivity index (χ0v) is 19.9. The van der Waals surface area contributed by atoms with Crippen LogP contribution in [0.15, 0.2) is 23.2 Å². The number of rotatable bonds is 8. The van der Waals surface area contributed by atoms with Crippen molar-refractivity contribution in [3.05, 3.63) is 23.8 Å². The third kappa shape index (κ3) is 10.4. The zero-order chi connectivity index (χ0) is 20.3. The maximum Gasteiger partial charge on any atom is 0.407 e. The van der Waals surface area contributed by atoms with E-state index in [4.69, 9.17) is 14.2 Å². The highest BCUT2D eigenvalue weighted by molar-refractivity contribution is 14.0. The highest BCUT2D eigenvalue weighted by Crippen LogP contribution is 2.27. The lowest BCUT2D eigenvalue weighted by atomic mass is 10.2. The van der Waals surface area contributed by atoms with Crippen molar-refractivity contribution in [1.29, 1.82) is 0 Å². The quantitative estimate of drug-likeness (QED) is 0.217. The second-order valence-electron chi connectivity index (χ2n) is 6.70. The molecular formula is C19H33IN4O4. The number of halogens is 1. The molecule has 28 heavy (non-hydrogen) atoms. The summed E-state index contributed by atoms with van der Waals surface area (Å²) in [6.07, 6.45) is -0.436. The van der Waals surface area contributed by atoms with Gasteiger partial charge in [-0.2, -0.15) is 0 Å². The number of guanidine groups is 1. The molecule has 1 aromatic carbocycles. The molecule has 0 fully saturated rings. The number of aliphatic imine (C=N–C) groups is 1. The Labute approximate surface area is 184 Å². The van der Waals surface area contributed by atoms with E-state index in [2.05, 4.69) is 20.9 Å². The molecule has 0 aliphatic rings. The topological polar surface area (TPSA) is 93.2 Å². The molecule has 0 saturated carbocycles. The monoisotopic (exact) mass is 508 g/mol. The van der Waals surface area contributed by atoms with Crippen LogP contribution in [-0.4, -0.2) is 51.5 Å². The summed E-state index contributed by atoms with van der Waals surface area (Å²) >= 11 is 0. The van der Waals surface area contributed by atoms with Gasteiger partial charge in [-0.05, 0) is 45.4 Å². The van der Waals surface area contributed by atoms with Crippen molar-refractivity contribution in [2.75, 3.05) is 33.9 Å². The summed E-state index contributed by atoms with van der Waals surface area (Å²) in [5, 5.41) is 9.03. The van der Waals surface area contributed by atoms with E-state index in [0.29, 0.717) is 38.0 Å². The van der Waals surface area contributed by atoms with E-state index in [0.717, 1.165) is 11.3 Å². The van der Waals surface area contributed by atoms with E-state index in [1.165, 1.54) is 0 Å². The summed E-state index contributed by atoms with van der Waals surface area (Å²) in [5.41, 5.74) is 0.526. The molecule has 0 aliphatic carbocycles. The van der Waals surface area contributed by atoms with Crippen LogP contribution in [0.2, 0.25) is 0 Å². The van der Waals surface area contributed by atoms with Crippen LogP contribution < -0.4 is 25.4 Å². The smallest absolute Gasteiger partial charge is 0.407 e. The lowest BCUT2D eigenvalue weighted by Gasteiger charge is -2.20. The van der Waals surface area contributed by atoms with Crippen molar-refractivity contribution in [3.63, 3.8) is 0 Å². The van der Waals surface area contributed by atoms with Gasteiger partial charge in [0.1, 0.15) is 5.60 Å². The van der Waals surface area contributed by atoms with Gasteiger partial charge in [-0.3, -0.25) is 4.99 Å². The summed E-state index contributed by atoms with van der Waals surface area (Å²) < 4.78 is 16.1. The van der Waals surface area contributed by atoms with Crippen molar-refractivity contribution in [3.8, 4) is 11.5 Å². The molecular weight excluding hydrogens is 475 g/mol. The Bertz CT molecular complexity index is 633. The van der Waals surface area contributed by atoms with Crippen molar-refractivity contribution in [2.24, 2.45) is 4.99 Å². The Balaban J connectivity index is 0.00000729. The summed E-state index contributed by atoms with van der Waals surface area (Å²) in [6.45, 7) is 9.51. The second-order valence-corrected chi connectivity index (χ2v) is 6.70. The number of methoxy groups -OCH3 is 1. The maximum absolute atomic E-state index is 11.6. The fourth-order valence-electron chi connectivity index (χ4n) is 2.16. The number of hydrogen-bond donors (Lipinski definition) is 3. The SMILES string of the molecule is CCOc1ccc(CNC(=NC)NCCNC(=O)OC(C)(C)C)cc1OC.I. The fourth-order valence-corrected chi connectivity index (χ4v) is 2.16. The number of alkyl carbamates (subject to hydrolysis) is 1. The van der Waals surface area contributed by atoms with Crippen LogP contribution >= 0.6 is 24.0 Å². The number of amides is 1. The van der Waals surface area contributed by atoms with Crippen LogP contribution in [0.1, 0.15) is 33.3 Å². The Morgan fingerprint density at radius 1 is 1.11 bits per heavy atom. The number of hydrogen-bond acceptors (Lipinski definition) is 5. The molecule has 1 rings (SSSR count). The minimum Gasteiger partial charge on any atom is -0.493 e. The highest BCUT2D eigenvalue weighted by atomic mass is 127. The third-order valence-corrected chi connectivity index (χ3v) is 3.30. The van der Waals surface area contributed by atoms with Crippen molar-refractivity contribution in [1.82, 2.24) is 16.0 Å². The molecule has 1 aromatic rings. The van der Waals surface area contributed by atoms with Gasteiger partial charge in [-0.1, -0.05) is 6.07 Å². The van der Waals surface area contributed by atoms with Crippen LogP contribution in [0.3, 0.4) is 0 Å². The number of nitrogens with one attached hydrogen (secondary N) is 3. The number of carbonyl (C=O) groups is 1. The normalized spacial score (nSPS) is 11.1. The van der Waals surface area contributed by atoms with Crippen LogP contribution in [0.4, 0.5) is 4.79 Å². The summed E-state index contributed by atoms with van der Waals surface area (Å²) in [7, 11) is 3.31. The van der Waals surface area contributed by atoms with Crippen molar-refractivity contribution in [2.45, 2.75) is 39.8 Å². The van der Waals surface area contributed by atoms with Gasteiger partial charge >= 0.3 is 6.09 Å². The van der Waals surface area contributed by atoms with Crippen LogP contribution in [0, 0.1) is 0 Å². The Hall–Kier alpha value is -1.91. The van der Waals surface area contributed by atoms with Gasteiger partial charge in [0.15, 0.2) is 17.5 Å². The molecule has 9 heteroatoms. The predicted molar refractivity (Wildman–Crippen MR) is 122 cm³/mol. The molecule has 0 bridgehead atoms. The van der Waals surface area contributed by atoms with E-state index in [9.17, 15) is 4.79 Å². The highest BCUT2D eigenvalue weighted by Gasteiger charge is 2.15. The molecule has 8 nitrogen and oxygen atoms in total. The zero-order valence-electron chi connectivity index (χ0n) is 17.5. The number of nitrogens with zero attached hydrogens (tertiary/aromatic N) is 1. The van der Waals surface area contributed by atoms with Gasteiger partial charge in [0.25, 0.3) is 0 Å². The second kappa shape index (κ2) is 13.3. The van der Waals surface area contributed by atoms with Crippen LogP contribution in [0.25, 0.3) is 0 Å². The minimum absolute atomic E-state index is 0. The summed E-state index contributed by atoms with van der Waals surface area (Å²) in [6, 6.07) is 5.79. The maximum atomic E-state index is 11.6.